The maximum absolute atomic E-state index is 12.2. The van der Waals surface area contributed by atoms with Crippen LogP contribution < -0.4 is 14.8 Å². The van der Waals surface area contributed by atoms with E-state index in [4.69, 9.17) is 14.2 Å². The summed E-state index contributed by atoms with van der Waals surface area (Å²) >= 11 is 3.44. The lowest BCUT2D eigenvalue weighted by molar-refractivity contribution is -0.146. The van der Waals surface area contributed by atoms with Crippen molar-refractivity contribution in [2.24, 2.45) is 0 Å². The van der Waals surface area contributed by atoms with Crippen molar-refractivity contribution >= 4 is 33.5 Å². The largest absolute Gasteiger partial charge is 0.493 e. The first-order valence-electron chi connectivity index (χ1n) is 8.00. The van der Waals surface area contributed by atoms with Crippen LogP contribution in [0.1, 0.15) is 23.5 Å². The molecule has 1 aliphatic rings. The summed E-state index contributed by atoms with van der Waals surface area (Å²) in [6, 6.07) is 10.9. The molecule has 0 saturated heterocycles. The van der Waals surface area contributed by atoms with Crippen LogP contribution in [0.2, 0.25) is 0 Å². The van der Waals surface area contributed by atoms with Gasteiger partial charge in [-0.2, -0.15) is 0 Å². The first-order valence-corrected chi connectivity index (χ1v) is 8.79. The van der Waals surface area contributed by atoms with Crippen molar-refractivity contribution in [1.29, 1.82) is 0 Å². The molecule has 6 nitrogen and oxygen atoms in total. The van der Waals surface area contributed by atoms with Gasteiger partial charge in [0.2, 0.25) is 5.91 Å². The fraction of sp³-hybridized carbons (Fsp3) is 0.263. The SMILES string of the molecule is COc1ccc(COC(=O)C[C@@H]2C(=O)Nc3ccccc32)c(Br)c1OC. The molecule has 0 bridgehead atoms. The van der Waals surface area contributed by atoms with E-state index in [0.29, 0.717) is 16.0 Å². The second-order valence-corrected chi connectivity index (χ2v) is 6.56. The summed E-state index contributed by atoms with van der Waals surface area (Å²) in [6.45, 7) is 0.0652. The molecule has 0 radical (unpaired) electrons. The molecule has 2 aromatic carbocycles. The number of methoxy groups -OCH3 is 2. The van der Waals surface area contributed by atoms with Gasteiger partial charge in [-0.1, -0.05) is 24.3 Å². The highest BCUT2D eigenvalue weighted by atomic mass is 79.9. The topological polar surface area (TPSA) is 73.9 Å². The lowest BCUT2D eigenvalue weighted by Gasteiger charge is -2.14. The Labute approximate surface area is 159 Å². The number of amides is 1. The zero-order chi connectivity index (χ0) is 18.7. The lowest BCUT2D eigenvalue weighted by Crippen LogP contribution is -2.17. The molecule has 1 amide bonds. The number of carbonyl (C=O) groups is 2. The maximum Gasteiger partial charge on any atom is 0.307 e. The third kappa shape index (κ3) is 3.53. The number of hydrogen-bond donors (Lipinski definition) is 1. The van der Waals surface area contributed by atoms with Crippen LogP contribution in [0.4, 0.5) is 5.69 Å². The Kier molecular flexibility index (Phi) is 5.46. The van der Waals surface area contributed by atoms with E-state index in [1.54, 1.807) is 19.2 Å². The summed E-state index contributed by atoms with van der Waals surface area (Å²) in [5, 5.41) is 2.78. The van der Waals surface area contributed by atoms with Gasteiger partial charge in [-0.05, 0) is 33.6 Å². The number of halogens is 1. The van der Waals surface area contributed by atoms with Gasteiger partial charge in [0.25, 0.3) is 0 Å². The van der Waals surface area contributed by atoms with E-state index in [0.717, 1.165) is 16.8 Å². The van der Waals surface area contributed by atoms with Gasteiger partial charge in [0.05, 0.1) is 31.0 Å². The summed E-state index contributed by atoms with van der Waals surface area (Å²) in [5.41, 5.74) is 2.31. The number of anilines is 1. The standard InChI is InChI=1S/C19H18BrNO5/c1-24-15-8-7-11(17(20)18(15)25-2)10-26-16(22)9-13-12-5-3-4-6-14(12)21-19(13)23/h3-8,13H,9-10H2,1-2H3,(H,21,23)/t13-/m0/s1. The van der Waals surface area contributed by atoms with Crippen molar-refractivity contribution in [2.75, 3.05) is 19.5 Å². The van der Waals surface area contributed by atoms with E-state index in [9.17, 15) is 9.59 Å². The summed E-state index contributed by atoms with van der Waals surface area (Å²) in [7, 11) is 3.09. The fourth-order valence-electron chi connectivity index (χ4n) is 2.90. The summed E-state index contributed by atoms with van der Waals surface area (Å²) in [5.74, 6) is -0.0367. The Morgan fingerprint density at radius 2 is 1.92 bits per heavy atom. The molecule has 1 N–H and O–H groups in total. The first kappa shape index (κ1) is 18.3. The van der Waals surface area contributed by atoms with Gasteiger partial charge in [0.15, 0.2) is 11.5 Å². The molecule has 0 spiro atoms. The van der Waals surface area contributed by atoms with E-state index in [-0.39, 0.29) is 18.9 Å². The summed E-state index contributed by atoms with van der Waals surface area (Å²) in [4.78, 5) is 24.3. The van der Waals surface area contributed by atoms with Crippen LogP contribution in [0.3, 0.4) is 0 Å². The number of nitrogens with one attached hydrogen (secondary N) is 1. The maximum atomic E-state index is 12.2. The number of fused-ring (bicyclic) bond motifs is 1. The molecule has 26 heavy (non-hydrogen) atoms. The van der Waals surface area contributed by atoms with Crippen LogP contribution in [0.15, 0.2) is 40.9 Å². The molecule has 0 aliphatic carbocycles. The third-order valence-corrected chi connectivity index (χ3v) is 5.10. The number of esters is 1. The molecule has 2 aromatic rings. The molecule has 1 heterocycles. The van der Waals surface area contributed by atoms with Crippen molar-refractivity contribution in [1.82, 2.24) is 0 Å². The minimum Gasteiger partial charge on any atom is -0.493 e. The molecule has 136 valence electrons. The zero-order valence-electron chi connectivity index (χ0n) is 14.4. The minimum atomic E-state index is -0.521. The summed E-state index contributed by atoms with van der Waals surface area (Å²) in [6.07, 6.45) is -0.00620. The van der Waals surface area contributed by atoms with E-state index in [1.807, 2.05) is 24.3 Å². The first-order chi connectivity index (χ1) is 12.5. The van der Waals surface area contributed by atoms with Crippen LogP contribution in [0, 0.1) is 0 Å². The number of hydrogen-bond acceptors (Lipinski definition) is 5. The second-order valence-electron chi connectivity index (χ2n) is 5.77. The van der Waals surface area contributed by atoms with Crippen molar-refractivity contribution in [2.45, 2.75) is 18.9 Å². The Balaban J connectivity index is 1.66. The van der Waals surface area contributed by atoms with E-state index >= 15 is 0 Å². The second kappa shape index (κ2) is 7.78. The van der Waals surface area contributed by atoms with Gasteiger partial charge in [0.1, 0.15) is 6.61 Å². The van der Waals surface area contributed by atoms with Crippen molar-refractivity contribution in [3.63, 3.8) is 0 Å². The zero-order valence-corrected chi connectivity index (χ0v) is 16.0. The normalized spacial score (nSPS) is 15.2. The van der Waals surface area contributed by atoms with Crippen molar-refractivity contribution < 1.29 is 23.8 Å². The van der Waals surface area contributed by atoms with Crippen LogP contribution in [-0.4, -0.2) is 26.1 Å². The van der Waals surface area contributed by atoms with Gasteiger partial charge in [0, 0.05) is 11.3 Å². The highest BCUT2D eigenvalue weighted by Gasteiger charge is 2.32. The van der Waals surface area contributed by atoms with Gasteiger partial charge >= 0.3 is 5.97 Å². The molecule has 3 rings (SSSR count). The molecule has 1 aliphatic heterocycles. The Morgan fingerprint density at radius 1 is 1.15 bits per heavy atom. The Bertz CT molecular complexity index is 852. The highest BCUT2D eigenvalue weighted by molar-refractivity contribution is 9.10. The molecule has 0 unspecified atom stereocenters. The molecule has 0 aromatic heterocycles. The minimum absolute atomic E-state index is 0.00620. The number of ether oxygens (including phenoxy) is 3. The van der Waals surface area contributed by atoms with Crippen LogP contribution >= 0.6 is 15.9 Å². The molecule has 0 saturated carbocycles. The average Bonchev–Trinajstić information content (AvgIpc) is 2.96. The van der Waals surface area contributed by atoms with Crippen molar-refractivity contribution in [3.05, 3.63) is 52.0 Å². The van der Waals surface area contributed by atoms with Crippen LogP contribution in [-0.2, 0) is 20.9 Å². The molecular formula is C19H18BrNO5. The molecule has 1 atom stereocenters. The molecule has 7 heteroatoms. The predicted octanol–water partition coefficient (Wildman–Crippen LogP) is 3.64. The van der Waals surface area contributed by atoms with E-state index in [2.05, 4.69) is 21.2 Å². The number of benzene rings is 2. The lowest BCUT2D eigenvalue weighted by atomic mass is 9.97. The summed E-state index contributed by atoms with van der Waals surface area (Å²) < 4.78 is 16.6. The van der Waals surface area contributed by atoms with Gasteiger partial charge in [-0.25, -0.2) is 0 Å². The average molecular weight is 420 g/mol. The smallest absolute Gasteiger partial charge is 0.307 e. The number of rotatable bonds is 6. The van der Waals surface area contributed by atoms with E-state index < -0.39 is 11.9 Å². The molecule has 0 fully saturated rings. The van der Waals surface area contributed by atoms with Crippen LogP contribution in [0.5, 0.6) is 11.5 Å². The quantitative estimate of drug-likeness (QED) is 0.723. The van der Waals surface area contributed by atoms with Crippen molar-refractivity contribution in [3.8, 4) is 11.5 Å². The van der Waals surface area contributed by atoms with Gasteiger partial charge in [-0.3, -0.25) is 9.59 Å². The van der Waals surface area contributed by atoms with Crippen LogP contribution in [0.25, 0.3) is 0 Å². The van der Waals surface area contributed by atoms with Gasteiger partial charge in [-0.15, -0.1) is 0 Å². The Hall–Kier alpha value is -2.54. The number of para-hydroxylation sites is 1. The Morgan fingerprint density at radius 3 is 2.65 bits per heavy atom. The molecular weight excluding hydrogens is 402 g/mol. The van der Waals surface area contributed by atoms with E-state index in [1.165, 1.54) is 7.11 Å². The highest BCUT2D eigenvalue weighted by Crippen LogP contribution is 2.38. The predicted molar refractivity (Wildman–Crippen MR) is 99.5 cm³/mol. The fourth-order valence-corrected chi connectivity index (χ4v) is 3.51. The monoisotopic (exact) mass is 419 g/mol. The third-order valence-electron chi connectivity index (χ3n) is 4.24. The number of carbonyl (C=O) groups excluding carboxylic acids is 2. The van der Waals surface area contributed by atoms with Gasteiger partial charge < -0.3 is 19.5 Å².